The van der Waals surface area contributed by atoms with E-state index >= 15 is 0 Å². The third-order valence-electron chi connectivity index (χ3n) is 4.08. The molecule has 0 unspecified atom stereocenters. The Morgan fingerprint density at radius 2 is 1.50 bits per heavy atom. The van der Waals surface area contributed by atoms with Crippen LogP contribution in [0.5, 0.6) is 0 Å². The Labute approximate surface area is 139 Å². The van der Waals surface area contributed by atoms with Gasteiger partial charge in [0, 0.05) is 6.04 Å². The Morgan fingerprint density at radius 1 is 1.00 bits per heavy atom. The van der Waals surface area contributed by atoms with Crippen LogP contribution in [0.2, 0.25) is 39.3 Å². The average Bonchev–Trinajstić information content (AvgIpc) is 2.65. The number of hydrogen-bond donors (Lipinski definition) is 0. The van der Waals surface area contributed by atoms with Gasteiger partial charge >= 0.3 is 0 Å². The van der Waals surface area contributed by atoms with Crippen LogP contribution in [-0.4, -0.2) is 38.2 Å². The predicted molar refractivity (Wildman–Crippen MR) is 103 cm³/mol. The summed E-state index contributed by atoms with van der Waals surface area (Å²) >= 11 is 0. The van der Waals surface area contributed by atoms with Gasteiger partial charge in [-0.2, -0.15) is 0 Å². The summed E-state index contributed by atoms with van der Waals surface area (Å²) in [5.74, 6) is 0. The maximum atomic E-state index is 6.67. The van der Waals surface area contributed by atoms with Crippen LogP contribution in [0.15, 0.2) is 30.3 Å². The number of nitrogens with zero attached hydrogens (tertiary/aromatic N) is 2. The monoisotopic (exact) mass is 354 g/mol. The largest absolute Gasteiger partial charge is 0.322 e. The van der Waals surface area contributed by atoms with Crippen LogP contribution in [0.3, 0.4) is 0 Å². The average molecular weight is 355 g/mol. The zero-order valence-corrected chi connectivity index (χ0v) is 18.2. The van der Waals surface area contributed by atoms with Crippen LogP contribution < -0.4 is 0 Å². The van der Waals surface area contributed by atoms with E-state index in [9.17, 15) is 0 Å². The Balaban J connectivity index is 2.33. The molecule has 1 saturated heterocycles. The van der Waals surface area contributed by atoms with E-state index in [1.165, 1.54) is 5.56 Å². The van der Waals surface area contributed by atoms with Crippen LogP contribution in [0, 0.1) is 0 Å². The minimum absolute atomic E-state index is 0.188. The summed E-state index contributed by atoms with van der Waals surface area (Å²) in [6.07, 6.45) is 0.188. The molecule has 0 radical (unpaired) electrons. The molecule has 6 heteroatoms. The van der Waals surface area contributed by atoms with Crippen LogP contribution in [0.4, 0.5) is 0 Å². The summed E-state index contributed by atoms with van der Waals surface area (Å²) in [5.41, 5.74) is 1.30. The van der Waals surface area contributed by atoms with Crippen LogP contribution in [0.1, 0.15) is 18.6 Å². The van der Waals surface area contributed by atoms with Gasteiger partial charge in [-0.15, -0.1) is 0 Å². The maximum Gasteiger partial charge on any atom is 0.174 e. The van der Waals surface area contributed by atoms with E-state index in [0.29, 0.717) is 6.04 Å². The van der Waals surface area contributed by atoms with Crippen LogP contribution in [0.25, 0.3) is 0 Å². The Morgan fingerprint density at radius 3 is 1.95 bits per heavy atom. The van der Waals surface area contributed by atoms with E-state index in [2.05, 4.69) is 92.3 Å². The molecule has 0 aliphatic carbocycles. The van der Waals surface area contributed by atoms with Gasteiger partial charge in [-0.1, -0.05) is 69.6 Å². The first-order chi connectivity index (χ1) is 10.0. The second-order valence-corrected chi connectivity index (χ2v) is 20.7. The molecule has 1 aliphatic heterocycles. The molecule has 124 valence electrons. The summed E-state index contributed by atoms with van der Waals surface area (Å²) < 4.78 is 12.0. The highest BCUT2D eigenvalue weighted by atomic mass is 31.2. The second-order valence-electron chi connectivity index (χ2n) is 8.16. The molecule has 0 aromatic heterocycles. The number of benzene rings is 1. The normalized spacial score (nSPS) is 27.6. The van der Waals surface area contributed by atoms with E-state index in [0.717, 1.165) is 0 Å². The lowest BCUT2D eigenvalue weighted by Crippen LogP contribution is -2.56. The van der Waals surface area contributed by atoms with Gasteiger partial charge in [0.15, 0.2) is 8.45 Å². The Kier molecular flexibility index (Phi) is 5.37. The molecule has 0 bridgehead atoms. The highest BCUT2D eigenvalue weighted by molar-refractivity contribution is 7.53. The maximum absolute atomic E-state index is 6.67. The van der Waals surface area contributed by atoms with Gasteiger partial charge in [-0.25, -0.2) is 4.67 Å². The van der Waals surface area contributed by atoms with Crippen molar-refractivity contribution >= 4 is 24.9 Å². The van der Waals surface area contributed by atoms with E-state index in [1.54, 1.807) is 0 Å². The van der Waals surface area contributed by atoms with Crippen molar-refractivity contribution in [2.45, 2.75) is 58.4 Å². The van der Waals surface area contributed by atoms with Crippen LogP contribution >= 0.6 is 8.45 Å². The first-order valence-electron chi connectivity index (χ1n) is 8.08. The third-order valence-corrected chi connectivity index (χ3v) is 16.9. The summed E-state index contributed by atoms with van der Waals surface area (Å²) in [4.78, 5) is 0. The standard InChI is InChI=1S/C16H31N2OPSi2/c1-14-16(15-12-10-9-11-13-15)19-20(17(14)2)18(21(3,4)5)22(6,7)8/h9-14,16H,1-8H3/t14-,16-,20-/m0/s1. The van der Waals surface area contributed by atoms with E-state index in [-0.39, 0.29) is 6.10 Å². The first-order valence-corrected chi connectivity index (χ1v) is 16.1. The van der Waals surface area contributed by atoms with Gasteiger partial charge < -0.3 is 4.52 Å². The summed E-state index contributed by atoms with van der Waals surface area (Å²) in [5, 5.41) is 0. The van der Waals surface area contributed by atoms with Crippen molar-refractivity contribution in [1.82, 2.24) is 8.67 Å². The molecule has 1 aromatic rings. The lowest BCUT2D eigenvalue weighted by atomic mass is 10.0. The van der Waals surface area contributed by atoms with Crippen molar-refractivity contribution in [3.05, 3.63) is 35.9 Å². The molecular weight excluding hydrogens is 323 g/mol. The summed E-state index contributed by atoms with van der Waals surface area (Å²) in [6, 6.07) is 11.1. The van der Waals surface area contributed by atoms with Gasteiger partial charge in [0.2, 0.25) is 0 Å². The van der Waals surface area contributed by atoms with Gasteiger partial charge in [-0.3, -0.25) is 4.00 Å². The lowest BCUT2D eigenvalue weighted by Gasteiger charge is -2.47. The molecule has 1 aliphatic rings. The predicted octanol–water partition coefficient (Wildman–Crippen LogP) is 5.28. The Hall–Kier alpha value is -0.0362. The third kappa shape index (κ3) is 3.71. The molecule has 0 spiro atoms. The molecule has 3 atom stereocenters. The molecule has 0 amide bonds. The van der Waals surface area contributed by atoms with Crippen molar-refractivity contribution in [2.24, 2.45) is 0 Å². The number of hydrogen-bond acceptors (Lipinski definition) is 3. The van der Waals surface area contributed by atoms with E-state index in [1.807, 2.05) is 0 Å². The zero-order chi connectivity index (χ0) is 16.7. The van der Waals surface area contributed by atoms with Gasteiger partial charge in [0.05, 0.1) is 0 Å². The lowest BCUT2D eigenvalue weighted by molar-refractivity contribution is 0.215. The zero-order valence-electron chi connectivity index (χ0n) is 15.3. The van der Waals surface area contributed by atoms with Gasteiger partial charge in [0.25, 0.3) is 0 Å². The minimum atomic E-state index is -1.43. The topological polar surface area (TPSA) is 15.7 Å². The highest BCUT2D eigenvalue weighted by Gasteiger charge is 2.49. The minimum Gasteiger partial charge on any atom is -0.322 e. The second kappa shape index (κ2) is 6.46. The van der Waals surface area contributed by atoms with Gasteiger partial charge in [0.1, 0.15) is 22.6 Å². The molecular formula is C16H31N2OPSi2. The Bertz CT molecular complexity index is 487. The fourth-order valence-electron chi connectivity index (χ4n) is 3.31. The quantitative estimate of drug-likeness (QED) is 0.540. The van der Waals surface area contributed by atoms with E-state index in [4.69, 9.17) is 4.52 Å². The first kappa shape index (κ1) is 18.3. The fraction of sp³-hybridized carbons (Fsp3) is 0.625. The number of rotatable bonds is 4. The van der Waals surface area contributed by atoms with Gasteiger partial charge in [-0.05, 0) is 19.5 Å². The van der Waals surface area contributed by atoms with Crippen molar-refractivity contribution < 1.29 is 4.52 Å². The van der Waals surface area contributed by atoms with Crippen molar-refractivity contribution in [2.75, 3.05) is 7.05 Å². The molecule has 2 rings (SSSR count). The summed E-state index contributed by atoms with van der Waals surface area (Å²) in [6.45, 7) is 17.0. The van der Waals surface area contributed by atoms with Crippen molar-refractivity contribution in [1.29, 1.82) is 0 Å². The molecule has 0 saturated carbocycles. The highest BCUT2D eigenvalue weighted by Crippen LogP contribution is 2.60. The molecule has 1 heterocycles. The molecule has 22 heavy (non-hydrogen) atoms. The molecule has 3 nitrogen and oxygen atoms in total. The molecule has 1 fully saturated rings. The molecule has 0 N–H and O–H groups in total. The van der Waals surface area contributed by atoms with E-state index < -0.39 is 24.9 Å². The SMILES string of the molecule is C[C@H]1[C@@H](c2ccccc2)O[P@](N([Si](C)(C)C)[Si](C)(C)C)N1C. The fourth-order valence-corrected chi connectivity index (χ4v) is 18.0. The van der Waals surface area contributed by atoms with Crippen molar-refractivity contribution in [3.63, 3.8) is 0 Å². The summed E-state index contributed by atoms with van der Waals surface area (Å²) in [7, 11) is -1.28. The van der Waals surface area contributed by atoms with Crippen LogP contribution in [-0.2, 0) is 4.52 Å². The molecule has 1 aromatic carbocycles. The number of likely N-dealkylation sites (N-methyl/N-ethyl adjacent to an activating group) is 1. The smallest absolute Gasteiger partial charge is 0.174 e. The van der Waals surface area contributed by atoms with Crippen molar-refractivity contribution in [3.8, 4) is 0 Å².